The third kappa shape index (κ3) is 2.98. The molecular formula is C12H15N3O3S. The van der Waals surface area contributed by atoms with Crippen LogP contribution in [0.15, 0.2) is 28.0 Å². The van der Waals surface area contributed by atoms with Crippen molar-refractivity contribution in [1.82, 2.24) is 14.8 Å². The van der Waals surface area contributed by atoms with E-state index in [-0.39, 0.29) is 11.0 Å². The van der Waals surface area contributed by atoms with E-state index in [1.807, 2.05) is 18.4 Å². The summed E-state index contributed by atoms with van der Waals surface area (Å²) in [5.41, 5.74) is 0. The van der Waals surface area contributed by atoms with E-state index >= 15 is 0 Å². The molecule has 7 heteroatoms. The fraction of sp³-hybridized carbons (Fsp3) is 0.417. The predicted molar refractivity (Wildman–Crippen MR) is 70.0 cm³/mol. The normalized spacial score (nSPS) is 12.4. The lowest BCUT2D eigenvalue weighted by molar-refractivity contribution is 0.0563. The summed E-state index contributed by atoms with van der Waals surface area (Å²) >= 11 is 1.53. The Bertz CT molecular complexity index is 564. The molecule has 19 heavy (non-hydrogen) atoms. The smallest absolute Gasteiger partial charge is 0.373 e. The van der Waals surface area contributed by atoms with Gasteiger partial charge in [0.2, 0.25) is 5.76 Å². The molecule has 0 aliphatic rings. The first kappa shape index (κ1) is 13.7. The largest absolute Gasteiger partial charge is 0.463 e. The fourth-order valence-corrected chi connectivity index (χ4v) is 2.52. The Morgan fingerprint density at radius 1 is 1.58 bits per heavy atom. The lowest BCUT2D eigenvalue weighted by atomic mass is 10.3. The maximum atomic E-state index is 11.3. The van der Waals surface area contributed by atoms with Gasteiger partial charge >= 0.3 is 5.97 Å². The highest BCUT2D eigenvalue weighted by Gasteiger charge is 2.18. The molecule has 0 radical (unpaired) electrons. The SMILES string of the molecule is CCn1cnnc1S[C@@H](C)c1ccc(C(=O)OC)o1. The van der Waals surface area contributed by atoms with Crippen LogP contribution in [0, 0.1) is 0 Å². The Hall–Kier alpha value is -1.76. The first-order valence-corrected chi connectivity index (χ1v) is 6.76. The topological polar surface area (TPSA) is 70.2 Å². The van der Waals surface area contributed by atoms with Crippen molar-refractivity contribution in [3.05, 3.63) is 30.0 Å². The Balaban J connectivity index is 2.09. The highest BCUT2D eigenvalue weighted by molar-refractivity contribution is 7.99. The lowest BCUT2D eigenvalue weighted by Gasteiger charge is -2.08. The van der Waals surface area contributed by atoms with Crippen molar-refractivity contribution in [1.29, 1.82) is 0 Å². The van der Waals surface area contributed by atoms with Gasteiger partial charge in [0.15, 0.2) is 5.16 Å². The van der Waals surface area contributed by atoms with Crippen molar-refractivity contribution >= 4 is 17.7 Å². The summed E-state index contributed by atoms with van der Waals surface area (Å²) in [6.07, 6.45) is 1.69. The number of hydrogen-bond donors (Lipinski definition) is 0. The van der Waals surface area contributed by atoms with Crippen LogP contribution in [0.2, 0.25) is 0 Å². The van der Waals surface area contributed by atoms with E-state index in [1.165, 1.54) is 18.9 Å². The molecule has 0 aliphatic heterocycles. The number of rotatable bonds is 5. The Labute approximate surface area is 115 Å². The zero-order valence-electron chi connectivity index (χ0n) is 11.0. The molecule has 6 nitrogen and oxygen atoms in total. The van der Waals surface area contributed by atoms with Gasteiger partial charge in [0, 0.05) is 6.54 Å². The average Bonchev–Trinajstić information content (AvgIpc) is 3.06. The van der Waals surface area contributed by atoms with E-state index in [1.54, 1.807) is 18.5 Å². The van der Waals surface area contributed by atoms with Crippen LogP contribution in [-0.4, -0.2) is 27.8 Å². The first-order chi connectivity index (χ1) is 9.15. The minimum Gasteiger partial charge on any atom is -0.463 e. The number of furan rings is 1. The summed E-state index contributed by atoms with van der Waals surface area (Å²) in [5, 5.41) is 8.79. The van der Waals surface area contributed by atoms with Crippen molar-refractivity contribution < 1.29 is 13.9 Å². The first-order valence-electron chi connectivity index (χ1n) is 5.88. The summed E-state index contributed by atoms with van der Waals surface area (Å²) in [7, 11) is 1.33. The maximum absolute atomic E-state index is 11.3. The maximum Gasteiger partial charge on any atom is 0.373 e. The van der Waals surface area contributed by atoms with E-state index in [0.29, 0.717) is 5.76 Å². The zero-order valence-corrected chi connectivity index (χ0v) is 11.8. The van der Waals surface area contributed by atoms with E-state index < -0.39 is 5.97 Å². The summed E-state index contributed by atoms with van der Waals surface area (Å²) in [5.74, 6) is 0.443. The van der Waals surface area contributed by atoms with Crippen LogP contribution in [0.3, 0.4) is 0 Å². The van der Waals surface area contributed by atoms with Gasteiger partial charge < -0.3 is 13.7 Å². The minimum atomic E-state index is -0.472. The number of aromatic nitrogens is 3. The molecule has 0 amide bonds. The number of carbonyl (C=O) groups is 1. The van der Waals surface area contributed by atoms with Crippen molar-refractivity contribution in [3.63, 3.8) is 0 Å². The van der Waals surface area contributed by atoms with Gasteiger partial charge in [0.05, 0.1) is 12.4 Å². The number of thioether (sulfide) groups is 1. The molecule has 0 bridgehead atoms. The van der Waals surface area contributed by atoms with Gasteiger partial charge in [-0.1, -0.05) is 11.8 Å². The third-order valence-electron chi connectivity index (χ3n) is 2.62. The van der Waals surface area contributed by atoms with E-state index in [9.17, 15) is 4.79 Å². The van der Waals surface area contributed by atoms with Gasteiger partial charge in [-0.25, -0.2) is 4.79 Å². The van der Waals surface area contributed by atoms with E-state index in [2.05, 4.69) is 14.9 Å². The third-order valence-corrected chi connectivity index (χ3v) is 3.73. The molecule has 2 rings (SSSR count). The Morgan fingerprint density at radius 2 is 2.37 bits per heavy atom. The summed E-state index contributed by atoms with van der Waals surface area (Å²) in [6.45, 7) is 4.83. The summed E-state index contributed by atoms with van der Waals surface area (Å²) in [6, 6.07) is 3.39. The highest BCUT2D eigenvalue weighted by Crippen LogP contribution is 2.34. The van der Waals surface area contributed by atoms with Gasteiger partial charge in [-0.05, 0) is 26.0 Å². The molecule has 0 saturated heterocycles. The zero-order chi connectivity index (χ0) is 13.8. The van der Waals surface area contributed by atoms with Crippen molar-refractivity contribution in [2.75, 3.05) is 7.11 Å². The van der Waals surface area contributed by atoms with Crippen LogP contribution in [0.25, 0.3) is 0 Å². The summed E-state index contributed by atoms with van der Waals surface area (Å²) < 4.78 is 12.0. The molecule has 2 aromatic heterocycles. The van der Waals surface area contributed by atoms with Crippen LogP contribution < -0.4 is 0 Å². The van der Waals surface area contributed by atoms with Gasteiger partial charge in [-0.15, -0.1) is 10.2 Å². The van der Waals surface area contributed by atoms with Gasteiger partial charge in [-0.3, -0.25) is 0 Å². The molecule has 2 heterocycles. The molecule has 0 spiro atoms. The highest BCUT2D eigenvalue weighted by atomic mass is 32.2. The van der Waals surface area contributed by atoms with Crippen LogP contribution in [0.1, 0.15) is 35.4 Å². The van der Waals surface area contributed by atoms with E-state index in [4.69, 9.17) is 4.42 Å². The standard InChI is InChI=1S/C12H15N3O3S/c1-4-15-7-13-14-12(15)19-8(2)9-5-6-10(18-9)11(16)17-3/h5-8H,4H2,1-3H3/t8-/m0/s1. The predicted octanol–water partition coefficient (Wildman–Crippen LogP) is 2.53. The lowest BCUT2D eigenvalue weighted by Crippen LogP contribution is -1.99. The minimum absolute atomic E-state index is 0.0351. The fourth-order valence-electron chi connectivity index (χ4n) is 1.55. The van der Waals surface area contributed by atoms with E-state index in [0.717, 1.165) is 11.7 Å². The molecule has 0 aliphatic carbocycles. The molecule has 2 aromatic rings. The van der Waals surface area contributed by atoms with Crippen LogP contribution >= 0.6 is 11.8 Å². The molecule has 0 aromatic carbocycles. The number of carbonyl (C=O) groups excluding carboxylic acids is 1. The molecule has 102 valence electrons. The van der Waals surface area contributed by atoms with Crippen LogP contribution in [-0.2, 0) is 11.3 Å². The van der Waals surface area contributed by atoms with Gasteiger partial charge in [-0.2, -0.15) is 0 Å². The second-order valence-corrected chi connectivity index (χ2v) is 5.16. The molecule has 0 N–H and O–H groups in total. The molecule has 0 fully saturated rings. The van der Waals surface area contributed by atoms with Crippen LogP contribution in [0.4, 0.5) is 0 Å². The second-order valence-electron chi connectivity index (χ2n) is 3.85. The summed E-state index contributed by atoms with van der Waals surface area (Å²) in [4.78, 5) is 11.3. The van der Waals surface area contributed by atoms with Gasteiger partial charge in [0.25, 0.3) is 0 Å². The average molecular weight is 281 g/mol. The van der Waals surface area contributed by atoms with Crippen LogP contribution in [0.5, 0.6) is 0 Å². The number of methoxy groups -OCH3 is 1. The van der Waals surface area contributed by atoms with Crippen molar-refractivity contribution in [3.8, 4) is 0 Å². The van der Waals surface area contributed by atoms with Gasteiger partial charge in [0.1, 0.15) is 12.1 Å². The number of aryl methyl sites for hydroxylation is 1. The van der Waals surface area contributed by atoms with Crippen molar-refractivity contribution in [2.24, 2.45) is 0 Å². The second kappa shape index (κ2) is 5.92. The number of hydrogen-bond acceptors (Lipinski definition) is 6. The van der Waals surface area contributed by atoms with Crippen molar-refractivity contribution in [2.45, 2.75) is 30.8 Å². The Morgan fingerprint density at radius 3 is 3.05 bits per heavy atom. The number of ether oxygens (including phenoxy) is 1. The monoisotopic (exact) mass is 281 g/mol. The molecule has 0 saturated carbocycles. The molecular weight excluding hydrogens is 266 g/mol. The molecule has 0 unspecified atom stereocenters. The Kier molecular flexibility index (Phi) is 4.26. The molecule has 1 atom stereocenters. The number of esters is 1. The quantitative estimate of drug-likeness (QED) is 0.619. The number of nitrogens with zero attached hydrogens (tertiary/aromatic N) is 3.